The van der Waals surface area contributed by atoms with Crippen LogP contribution in [0.4, 0.5) is 0 Å². The summed E-state index contributed by atoms with van der Waals surface area (Å²) in [6.45, 7) is 4.57. The summed E-state index contributed by atoms with van der Waals surface area (Å²) >= 11 is 0. The second-order valence-electron chi connectivity index (χ2n) is 3.89. The molecule has 0 saturated carbocycles. The van der Waals surface area contributed by atoms with E-state index in [9.17, 15) is 16.8 Å². The molecule has 0 aliphatic carbocycles. The van der Waals surface area contributed by atoms with Crippen molar-refractivity contribution in [1.82, 2.24) is 3.71 Å². The van der Waals surface area contributed by atoms with Crippen LogP contribution in [-0.4, -0.2) is 38.6 Å². The fraction of sp³-hybridized carbons (Fsp3) is 1.00. The maximum absolute atomic E-state index is 11.2. The molecule has 13 heavy (non-hydrogen) atoms. The molecule has 0 aliphatic heterocycles. The second kappa shape index (κ2) is 3.21. The molecule has 0 aromatic carbocycles. The van der Waals surface area contributed by atoms with Crippen LogP contribution in [-0.2, 0) is 20.0 Å². The van der Waals surface area contributed by atoms with Gasteiger partial charge in [0.1, 0.15) is 0 Å². The van der Waals surface area contributed by atoms with Gasteiger partial charge in [0, 0.05) is 5.54 Å². The quantitative estimate of drug-likeness (QED) is 0.668. The third-order valence-electron chi connectivity index (χ3n) is 1.15. The molecule has 0 heterocycles. The predicted molar refractivity (Wildman–Crippen MR) is 51.3 cm³/mol. The van der Waals surface area contributed by atoms with E-state index in [2.05, 4.69) is 0 Å². The van der Waals surface area contributed by atoms with Gasteiger partial charge in [-0.05, 0) is 20.8 Å². The van der Waals surface area contributed by atoms with Crippen molar-refractivity contribution in [3.05, 3.63) is 0 Å². The number of nitrogens with zero attached hydrogens (tertiary/aromatic N) is 1. The second-order valence-corrected chi connectivity index (χ2v) is 7.79. The Hall–Kier alpha value is -0.140. The molecule has 0 saturated heterocycles. The Morgan fingerprint density at radius 2 is 1.08 bits per heavy atom. The largest absolute Gasteiger partial charge is 0.224 e. The fourth-order valence-electron chi connectivity index (χ4n) is 1.24. The summed E-state index contributed by atoms with van der Waals surface area (Å²) in [5, 5.41) is 0. The highest BCUT2D eigenvalue weighted by molar-refractivity contribution is 8.03. The minimum Gasteiger partial charge on any atom is -0.212 e. The lowest BCUT2D eigenvalue weighted by Crippen LogP contribution is -2.48. The van der Waals surface area contributed by atoms with Crippen molar-refractivity contribution < 1.29 is 16.8 Å². The van der Waals surface area contributed by atoms with E-state index in [-0.39, 0.29) is 0 Å². The van der Waals surface area contributed by atoms with Gasteiger partial charge in [0.05, 0.1) is 12.5 Å². The summed E-state index contributed by atoms with van der Waals surface area (Å²) in [6.07, 6.45) is 1.75. The minimum absolute atomic E-state index is 0.507. The molecule has 0 unspecified atom stereocenters. The first-order valence-electron chi connectivity index (χ1n) is 3.57. The van der Waals surface area contributed by atoms with Crippen molar-refractivity contribution in [3.63, 3.8) is 0 Å². The van der Waals surface area contributed by atoms with E-state index in [0.29, 0.717) is 3.71 Å². The molecule has 0 aromatic rings. The summed E-state index contributed by atoms with van der Waals surface area (Å²) in [6, 6.07) is 0. The molecule has 0 spiro atoms. The van der Waals surface area contributed by atoms with Crippen LogP contribution >= 0.6 is 0 Å². The van der Waals surface area contributed by atoms with Crippen LogP contribution in [0.1, 0.15) is 20.8 Å². The third-order valence-corrected chi connectivity index (χ3v) is 5.08. The fourth-order valence-corrected chi connectivity index (χ4v) is 5.20. The molecular formula is C6H15NO4S2. The van der Waals surface area contributed by atoms with Crippen LogP contribution in [0.25, 0.3) is 0 Å². The normalized spacial score (nSPS) is 14.9. The third kappa shape index (κ3) is 3.61. The van der Waals surface area contributed by atoms with Crippen molar-refractivity contribution in [1.29, 1.82) is 0 Å². The molecule has 0 rings (SSSR count). The Bertz CT molecular complexity index is 341. The Morgan fingerprint density at radius 1 is 0.846 bits per heavy atom. The van der Waals surface area contributed by atoms with Crippen LogP contribution in [0.3, 0.4) is 0 Å². The first-order valence-corrected chi connectivity index (χ1v) is 7.27. The van der Waals surface area contributed by atoms with E-state index in [0.717, 1.165) is 12.5 Å². The number of hydrogen-bond donors (Lipinski definition) is 0. The van der Waals surface area contributed by atoms with Crippen LogP contribution in [0.5, 0.6) is 0 Å². The standard InChI is InChI=1S/C6H15NO4S2/c1-6(2,3)7(12(4,8)9)13(5,10)11/h1-5H3. The molecule has 5 nitrogen and oxygen atoms in total. The van der Waals surface area contributed by atoms with Gasteiger partial charge < -0.3 is 0 Å². The number of sulfonamides is 2. The zero-order valence-corrected chi connectivity index (χ0v) is 10.0. The van der Waals surface area contributed by atoms with Crippen molar-refractivity contribution in [2.75, 3.05) is 12.5 Å². The Kier molecular flexibility index (Phi) is 3.18. The SMILES string of the molecule is CC(C)(C)N(S(C)(=O)=O)S(C)(=O)=O. The van der Waals surface area contributed by atoms with E-state index < -0.39 is 25.6 Å². The number of hydrogen-bond acceptors (Lipinski definition) is 4. The lowest BCUT2D eigenvalue weighted by molar-refractivity contribution is 0.355. The summed E-state index contributed by atoms with van der Waals surface area (Å²) in [5.74, 6) is 0. The summed E-state index contributed by atoms with van der Waals surface area (Å²) in [7, 11) is -7.47. The average molecular weight is 229 g/mol. The first kappa shape index (κ1) is 12.9. The van der Waals surface area contributed by atoms with Gasteiger partial charge in [-0.2, -0.15) is 0 Å². The molecule has 0 atom stereocenters. The Morgan fingerprint density at radius 3 is 1.08 bits per heavy atom. The Balaban J connectivity index is 5.56. The smallest absolute Gasteiger partial charge is 0.212 e. The van der Waals surface area contributed by atoms with Gasteiger partial charge in [0.2, 0.25) is 20.0 Å². The van der Waals surface area contributed by atoms with Gasteiger partial charge in [-0.3, -0.25) is 0 Å². The zero-order valence-electron chi connectivity index (χ0n) is 8.40. The summed E-state index contributed by atoms with van der Waals surface area (Å²) < 4.78 is 45.2. The zero-order chi connectivity index (χ0) is 11.1. The molecule has 80 valence electrons. The van der Waals surface area contributed by atoms with Crippen molar-refractivity contribution in [2.24, 2.45) is 0 Å². The lowest BCUT2D eigenvalue weighted by atomic mass is 10.1. The van der Waals surface area contributed by atoms with E-state index in [1.54, 1.807) is 0 Å². The van der Waals surface area contributed by atoms with E-state index in [1.807, 2.05) is 0 Å². The van der Waals surface area contributed by atoms with Crippen molar-refractivity contribution in [2.45, 2.75) is 26.3 Å². The molecule has 0 amide bonds. The summed E-state index contributed by atoms with van der Waals surface area (Å²) in [4.78, 5) is 0. The van der Waals surface area contributed by atoms with Gasteiger partial charge in [0.25, 0.3) is 0 Å². The lowest BCUT2D eigenvalue weighted by Gasteiger charge is -2.30. The molecule has 0 fully saturated rings. The minimum atomic E-state index is -3.73. The van der Waals surface area contributed by atoms with Crippen LogP contribution in [0.2, 0.25) is 0 Å². The average Bonchev–Trinajstić information content (AvgIpc) is 1.44. The van der Waals surface area contributed by atoms with Gasteiger partial charge in [-0.25, -0.2) is 16.8 Å². The first-order chi connectivity index (χ1) is 5.37. The monoisotopic (exact) mass is 229 g/mol. The van der Waals surface area contributed by atoms with E-state index in [1.165, 1.54) is 20.8 Å². The maximum atomic E-state index is 11.2. The van der Waals surface area contributed by atoms with Gasteiger partial charge in [-0.1, -0.05) is 3.71 Å². The van der Waals surface area contributed by atoms with Crippen LogP contribution in [0.15, 0.2) is 0 Å². The molecule has 0 aromatic heterocycles. The van der Waals surface area contributed by atoms with E-state index >= 15 is 0 Å². The van der Waals surface area contributed by atoms with Gasteiger partial charge >= 0.3 is 0 Å². The highest BCUT2D eigenvalue weighted by Crippen LogP contribution is 2.20. The van der Waals surface area contributed by atoms with Gasteiger partial charge in [0.15, 0.2) is 0 Å². The highest BCUT2D eigenvalue weighted by atomic mass is 32.3. The van der Waals surface area contributed by atoms with Crippen molar-refractivity contribution in [3.8, 4) is 0 Å². The molecule has 0 radical (unpaired) electrons. The predicted octanol–water partition coefficient (Wildman–Crippen LogP) is 0.00610. The van der Waals surface area contributed by atoms with Crippen LogP contribution < -0.4 is 0 Å². The molecule has 0 bridgehead atoms. The van der Waals surface area contributed by atoms with Gasteiger partial charge in [-0.15, -0.1) is 0 Å². The van der Waals surface area contributed by atoms with Crippen LogP contribution in [0, 0.1) is 0 Å². The van der Waals surface area contributed by atoms with Crippen molar-refractivity contribution >= 4 is 20.0 Å². The molecule has 0 N–H and O–H groups in total. The Labute approximate surface area is 79.8 Å². The molecule has 7 heteroatoms. The summed E-state index contributed by atoms with van der Waals surface area (Å²) in [5.41, 5.74) is -0.957. The highest BCUT2D eigenvalue weighted by Gasteiger charge is 2.37. The number of rotatable bonds is 2. The van der Waals surface area contributed by atoms with E-state index in [4.69, 9.17) is 0 Å². The topological polar surface area (TPSA) is 71.5 Å². The maximum Gasteiger partial charge on any atom is 0.224 e. The molecular weight excluding hydrogens is 214 g/mol. The molecule has 0 aliphatic rings.